The van der Waals surface area contributed by atoms with Crippen molar-refractivity contribution in [3.8, 4) is 0 Å². The number of ether oxygens (including phenoxy) is 1. The van der Waals surface area contributed by atoms with E-state index in [1.165, 1.54) is 19.3 Å². The van der Waals surface area contributed by atoms with E-state index in [9.17, 15) is 4.79 Å². The first-order valence-electron chi connectivity index (χ1n) is 7.21. The molecule has 0 aromatic rings. The summed E-state index contributed by atoms with van der Waals surface area (Å²) >= 11 is 4.94. The van der Waals surface area contributed by atoms with Gasteiger partial charge in [-0.15, -0.1) is 0 Å². The van der Waals surface area contributed by atoms with Gasteiger partial charge in [0, 0.05) is 6.54 Å². The van der Waals surface area contributed by atoms with Crippen LogP contribution in [-0.2, 0) is 9.53 Å². The fourth-order valence-corrected chi connectivity index (χ4v) is 2.88. The predicted octanol–water partition coefficient (Wildman–Crippen LogP) is 2.01. The molecule has 5 heteroatoms. The highest BCUT2D eigenvalue weighted by Crippen LogP contribution is 2.19. The molecule has 1 atom stereocenters. The molecule has 0 radical (unpaired) electrons. The number of carbonyl (C=O) groups is 1. The van der Waals surface area contributed by atoms with Gasteiger partial charge in [0.25, 0.3) is 0 Å². The molecule has 1 rings (SSSR count). The van der Waals surface area contributed by atoms with Crippen molar-refractivity contribution in [2.24, 2.45) is 17.6 Å². The van der Waals surface area contributed by atoms with Gasteiger partial charge in [0.15, 0.2) is 0 Å². The molecule has 1 fully saturated rings. The fraction of sp³-hybridized carbons (Fsp3) is 0.857. The number of nitrogens with two attached hydrogens (primary N) is 1. The minimum atomic E-state index is -0.385. The lowest BCUT2D eigenvalue weighted by atomic mass is 9.95. The smallest absolute Gasteiger partial charge is 0.230 e. The van der Waals surface area contributed by atoms with Gasteiger partial charge in [-0.05, 0) is 18.8 Å². The van der Waals surface area contributed by atoms with Crippen LogP contribution in [0.4, 0.5) is 0 Å². The van der Waals surface area contributed by atoms with Crippen LogP contribution >= 0.6 is 12.2 Å². The summed E-state index contributed by atoms with van der Waals surface area (Å²) in [7, 11) is 0. The second kappa shape index (κ2) is 8.48. The average Bonchev–Trinajstić information content (AvgIpc) is 2.35. The Morgan fingerprint density at radius 1 is 1.37 bits per heavy atom. The second-order valence-corrected chi connectivity index (χ2v) is 6.02. The van der Waals surface area contributed by atoms with E-state index in [-0.39, 0.29) is 22.7 Å². The number of thiocarbonyl (C=S) groups is 1. The summed E-state index contributed by atoms with van der Waals surface area (Å²) in [5.41, 5.74) is 5.60. The first-order chi connectivity index (χ1) is 9.02. The van der Waals surface area contributed by atoms with Crippen LogP contribution < -0.4 is 11.1 Å². The highest BCUT2D eigenvalue weighted by atomic mass is 32.1. The molecule has 110 valence electrons. The molecule has 0 aromatic heterocycles. The second-order valence-electron chi connectivity index (χ2n) is 5.55. The number of hydrogen-bond donors (Lipinski definition) is 2. The molecule has 4 nitrogen and oxygen atoms in total. The van der Waals surface area contributed by atoms with E-state index in [2.05, 4.69) is 5.32 Å². The number of amides is 1. The standard InChI is InChI=1S/C14H26N2O2S/c1-10(2)12(13(15)19)14(17)16-8-9-18-11-6-4-3-5-7-11/h10-12H,3-9H2,1-2H3,(H2,15,19)(H,16,17). The molecule has 1 amide bonds. The highest BCUT2D eigenvalue weighted by Gasteiger charge is 2.24. The van der Waals surface area contributed by atoms with Gasteiger partial charge in [-0.2, -0.15) is 0 Å². The molecule has 0 saturated heterocycles. The van der Waals surface area contributed by atoms with Gasteiger partial charge in [-0.25, -0.2) is 0 Å². The molecular formula is C14H26N2O2S. The lowest BCUT2D eigenvalue weighted by Gasteiger charge is -2.23. The van der Waals surface area contributed by atoms with E-state index in [1.54, 1.807) is 0 Å². The molecule has 0 spiro atoms. The summed E-state index contributed by atoms with van der Waals surface area (Å²) < 4.78 is 5.76. The zero-order valence-corrected chi connectivity index (χ0v) is 12.8. The molecule has 0 heterocycles. The lowest BCUT2D eigenvalue weighted by Crippen LogP contribution is -2.42. The third-order valence-electron chi connectivity index (χ3n) is 3.56. The van der Waals surface area contributed by atoms with E-state index in [0.717, 1.165) is 12.8 Å². The molecule has 1 saturated carbocycles. The molecule has 0 aromatic carbocycles. The summed E-state index contributed by atoms with van der Waals surface area (Å²) in [5.74, 6) is -0.351. The summed E-state index contributed by atoms with van der Waals surface area (Å²) in [5, 5.41) is 2.85. The average molecular weight is 286 g/mol. The van der Waals surface area contributed by atoms with Crippen molar-refractivity contribution in [1.29, 1.82) is 0 Å². The zero-order valence-electron chi connectivity index (χ0n) is 12.0. The van der Waals surface area contributed by atoms with Crippen molar-refractivity contribution < 1.29 is 9.53 Å². The SMILES string of the molecule is CC(C)C(C(=O)NCCOC1CCCCC1)C(N)=S. The lowest BCUT2D eigenvalue weighted by molar-refractivity contribution is -0.124. The topological polar surface area (TPSA) is 64.3 Å². The molecule has 0 bridgehead atoms. The summed E-state index contributed by atoms with van der Waals surface area (Å²) in [6.45, 7) is 4.99. The Kier molecular flexibility index (Phi) is 7.31. The molecule has 0 aliphatic heterocycles. The van der Waals surface area contributed by atoms with Crippen LogP contribution in [0.15, 0.2) is 0 Å². The molecule has 1 aliphatic rings. The summed E-state index contributed by atoms with van der Waals surface area (Å²) in [6, 6.07) is 0. The first kappa shape index (κ1) is 16.4. The summed E-state index contributed by atoms with van der Waals surface area (Å²) in [6.07, 6.45) is 6.51. The number of rotatable bonds is 7. The Morgan fingerprint density at radius 3 is 2.53 bits per heavy atom. The Balaban J connectivity index is 2.20. The minimum absolute atomic E-state index is 0.0882. The van der Waals surface area contributed by atoms with Crippen LogP contribution in [-0.4, -0.2) is 30.2 Å². The third-order valence-corrected chi connectivity index (χ3v) is 3.82. The van der Waals surface area contributed by atoms with Gasteiger partial charge in [-0.3, -0.25) is 4.79 Å². The number of nitrogens with one attached hydrogen (secondary N) is 1. The van der Waals surface area contributed by atoms with Gasteiger partial charge in [0.2, 0.25) is 5.91 Å². The minimum Gasteiger partial charge on any atom is -0.393 e. The summed E-state index contributed by atoms with van der Waals surface area (Å²) in [4.78, 5) is 12.2. The van der Waals surface area contributed by atoms with Gasteiger partial charge >= 0.3 is 0 Å². The highest BCUT2D eigenvalue weighted by molar-refractivity contribution is 7.80. The van der Waals surface area contributed by atoms with E-state index in [0.29, 0.717) is 19.3 Å². The number of carbonyl (C=O) groups excluding carboxylic acids is 1. The quantitative estimate of drug-likeness (QED) is 0.555. The van der Waals surface area contributed by atoms with Crippen LogP contribution in [0.2, 0.25) is 0 Å². The zero-order chi connectivity index (χ0) is 14.3. The van der Waals surface area contributed by atoms with Crippen molar-refractivity contribution in [3.63, 3.8) is 0 Å². The number of hydrogen-bond acceptors (Lipinski definition) is 3. The fourth-order valence-electron chi connectivity index (χ4n) is 2.50. The Bertz CT molecular complexity index is 302. The van der Waals surface area contributed by atoms with Crippen LogP contribution in [0.5, 0.6) is 0 Å². The van der Waals surface area contributed by atoms with Crippen molar-refractivity contribution in [2.45, 2.75) is 52.1 Å². The Morgan fingerprint density at radius 2 is 2.00 bits per heavy atom. The van der Waals surface area contributed by atoms with Gasteiger partial charge in [0.1, 0.15) is 0 Å². The van der Waals surface area contributed by atoms with Crippen molar-refractivity contribution >= 4 is 23.1 Å². The van der Waals surface area contributed by atoms with Crippen LogP contribution in [0.25, 0.3) is 0 Å². The monoisotopic (exact) mass is 286 g/mol. The molecular weight excluding hydrogens is 260 g/mol. The molecule has 19 heavy (non-hydrogen) atoms. The van der Waals surface area contributed by atoms with Crippen LogP contribution in [0.1, 0.15) is 46.0 Å². The maximum absolute atomic E-state index is 11.9. The normalized spacial score (nSPS) is 18.3. The Hall–Kier alpha value is -0.680. The van der Waals surface area contributed by atoms with E-state index < -0.39 is 0 Å². The van der Waals surface area contributed by atoms with Crippen molar-refractivity contribution in [1.82, 2.24) is 5.32 Å². The molecule has 3 N–H and O–H groups in total. The predicted molar refractivity (Wildman–Crippen MR) is 80.9 cm³/mol. The van der Waals surface area contributed by atoms with E-state index in [1.807, 2.05) is 13.8 Å². The van der Waals surface area contributed by atoms with E-state index in [4.69, 9.17) is 22.7 Å². The molecule has 1 aliphatic carbocycles. The van der Waals surface area contributed by atoms with Gasteiger partial charge < -0.3 is 15.8 Å². The molecule has 1 unspecified atom stereocenters. The van der Waals surface area contributed by atoms with Crippen molar-refractivity contribution in [2.75, 3.05) is 13.2 Å². The largest absolute Gasteiger partial charge is 0.393 e. The Labute approximate surface area is 121 Å². The van der Waals surface area contributed by atoms with Gasteiger partial charge in [0.05, 0.1) is 23.6 Å². The first-order valence-corrected chi connectivity index (χ1v) is 7.61. The van der Waals surface area contributed by atoms with E-state index >= 15 is 0 Å². The third kappa shape index (κ3) is 5.87. The maximum atomic E-state index is 11.9. The van der Waals surface area contributed by atoms with Crippen LogP contribution in [0, 0.1) is 11.8 Å². The van der Waals surface area contributed by atoms with Crippen molar-refractivity contribution in [3.05, 3.63) is 0 Å². The van der Waals surface area contributed by atoms with Gasteiger partial charge in [-0.1, -0.05) is 45.3 Å². The maximum Gasteiger partial charge on any atom is 0.230 e. The van der Waals surface area contributed by atoms with Crippen LogP contribution in [0.3, 0.4) is 0 Å².